The molecule has 2 rings (SSSR count). The topological polar surface area (TPSA) is 38.9 Å². The van der Waals surface area contributed by atoms with E-state index in [4.69, 9.17) is 5.73 Å². The highest BCUT2D eigenvalue weighted by Crippen LogP contribution is 2.32. The van der Waals surface area contributed by atoms with E-state index in [9.17, 15) is 0 Å². The number of hydrogen-bond donors (Lipinski definition) is 1. The molecule has 0 aliphatic carbocycles. The average molecular weight is 269 g/mol. The van der Waals surface area contributed by atoms with Gasteiger partial charge in [0.1, 0.15) is 0 Å². The summed E-state index contributed by atoms with van der Waals surface area (Å²) < 4.78 is 1.06. The summed E-state index contributed by atoms with van der Waals surface area (Å²) in [6, 6.07) is 6.09. The minimum atomic E-state index is 0.607. The molecule has 0 atom stereocenters. The number of nitrogen functional groups attached to an aromatic ring is 1. The van der Waals surface area contributed by atoms with Crippen LogP contribution < -0.4 is 5.73 Å². The van der Waals surface area contributed by atoms with Crippen molar-refractivity contribution in [3.63, 3.8) is 0 Å². The third-order valence-electron chi connectivity index (χ3n) is 2.00. The van der Waals surface area contributed by atoms with E-state index in [0.717, 1.165) is 15.7 Å². The Labute approximate surface area is 94.9 Å². The standard InChI is InChI=1S/C10H9BrN2S/c1-6-3-2-4-7(11)9(6)8-5-14-10(12)13-8/h2-5H,1H3,(H2,12,13). The Morgan fingerprint density at radius 2 is 2.21 bits per heavy atom. The second-order valence-corrected chi connectivity index (χ2v) is 4.75. The SMILES string of the molecule is Cc1cccc(Br)c1-c1csc(N)n1. The van der Waals surface area contributed by atoms with Crippen molar-refractivity contribution in [1.29, 1.82) is 0 Å². The molecule has 2 aromatic rings. The number of nitrogens with two attached hydrogens (primary N) is 1. The first-order valence-electron chi connectivity index (χ1n) is 4.15. The summed E-state index contributed by atoms with van der Waals surface area (Å²) in [5, 5.41) is 2.58. The van der Waals surface area contributed by atoms with Gasteiger partial charge in [-0.15, -0.1) is 11.3 Å². The van der Waals surface area contributed by atoms with Gasteiger partial charge in [0.05, 0.1) is 5.69 Å². The molecule has 1 aromatic carbocycles. The average Bonchev–Trinajstić information content (AvgIpc) is 2.51. The van der Waals surface area contributed by atoms with Gasteiger partial charge >= 0.3 is 0 Å². The molecule has 0 aliphatic heterocycles. The third-order valence-corrected chi connectivity index (χ3v) is 3.33. The molecule has 2 N–H and O–H groups in total. The molecule has 0 saturated heterocycles. The molecule has 0 unspecified atom stereocenters. The summed E-state index contributed by atoms with van der Waals surface area (Å²) in [6.45, 7) is 2.07. The Balaban J connectivity index is 2.61. The van der Waals surface area contributed by atoms with Crippen LogP contribution in [0.1, 0.15) is 5.56 Å². The smallest absolute Gasteiger partial charge is 0.180 e. The lowest BCUT2D eigenvalue weighted by atomic mass is 10.1. The number of anilines is 1. The summed E-state index contributed by atoms with van der Waals surface area (Å²) in [5.41, 5.74) is 8.87. The van der Waals surface area contributed by atoms with E-state index < -0.39 is 0 Å². The first-order chi connectivity index (χ1) is 6.68. The number of rotatable bonds is 1. The summed E-state index contributed by atoms with van der Waals surface area (Å²) in [4.78, 5) is 4.27. The molecule has 4 heteroatoms. The van der Waals surface area contributed by atoms with E-state index in [2.05, 4.69) is 33.9 Å². The van der Waals surface area contributed by atoms with Gasteiger partial charge in [0.15, 0.2) is 5.13 Å². The van der Waals surface area contributed by atoms with Crippen LogP contribution in [0.25, 0.3) is 11.3 Å². The predicted octanol–water partition coefficient (Wildman–Crippen LogP) is 3.46. The Morgan fingerprint density at radius 3 is 2.79 bits per heavy atom. The first kappa shape index (κ1) is 9.68. The van der Waals surface area contributed by atoms with Crippen molar-refractivity contribution in [2.24, 2.45) is 0 Å². The van der Waals surface area contributed by atoms with Crippen molar-refractivity contribution in [2.45, 2.75) is 6.92 Å². The summed E-state index contributed by atoms with van der Waals surface area (Å²) in [7, 11) is 0. The molecular formula is C10H9BrN2S. The fourth-order valence-electron chi connectivity index (χ4n) is 1.36. The lowest BCUT2D eigenvalue weighted by Gasteiger charge is -2.04. The van der Waals surface area contributed by atoms with Gasteiger partial charge in [-0.1, -0.05) is 28.1 Å². The van der Waals surface area contributed by atoms with Crippen molar-refractivity contribution in [1.82, 2.24) is 4.98 Å². The molecule has 0 saturated carbocycles. The van der Waals surface area contributed by atoms with Crippen LogP contribution in [0.3, 0.4) is 0 Å². The summed E-state index contributed by atoms with van der Waals surface area (Å²) in [5.74, 6) is 0. The highest BCUT2D eigenvalue weighted by Gasteiger charge is 2.08. The molecule has 0 bridgehead atoms. The Bertz CT molecular complexity index is 445. The van der Waals surface area contributed by atoms with E-state index in [0.29, 0.717) is 5.13 Å². The van der Waals surface area contributed by atoms with Crippen LogP contribution in [0, 0.1) is 6.92 Å². The van der Waals surface area contributed by atoms with Crippen LogP contribution in [0.2, 0.25) is 0 Å². The normalized spacial score (nSPS) is 10.4. The lowest BCUT2D eigenvalue weighted by Crippen LogP contribution is -1.86. The number of thiazole rings is 1. The fraction of sp³-hybridized carbons (Fsp3) is 0.100. The number of aryl methyl sites for hydroxylation is 1. The van der Waals surface area contributed by atoms with Gasteiger partial charge in [-0.05, 0) is 18.6 Å². The highest BCUT2D eigenvalue weighted by atomic mass is 79.9. The minimum Gasteiger partial charge on any atom is -0.375 e. The van der Waals surface area contributed by atoms with E-state index >= 15 is 0 Å². The number of aromatic nitrogens is 1. The van der Waals surface area contributed by atoms with E-state index in [-0.39, 0.29) is 0 Å². The molecule has 2 nitrogen and oxygen atoms in total. The monoisotopic (exact) mass is 268 g/mol. The van der Waals surface area contributed by atoms with E-state index in [1.54, 1.807) is 0 Å². The van der Waals surface area contributed by atoms with Crippen LogP contribution in [0.5, 0.6) is 0 Å². The molecule has 0 spiro atoms. The van der Waals surface area contributed by atoms with Crippen LogP contribution >= 0.6 is 27.3 Å². The maximum atomic E-state index is 5.61. The second kappa shape index (κ2) is 3.71. The fourth-order valence-corrected chi connectivity index (χ4v) is 2.58. The van der Waals surface area contributed by atoms with Gasteiger partial charge in [0.2, 0.25) is 0 Å². The van der Waals surface area contributed by atoms with Crippen molar-refractivity contribution >= 4 is 32.4 Å². The van der Waals surface area contributed by atoms with Crippen LogP contribution in [0.15, 0.2) is 28.1 Å². The Kier molecular flexibility index (Phi) is 2.56. The maximum Gasteiger partial charge on any atom is 0.180 e. The summed E-state index contributed by atoms with van der Waals surface area (Å²) >= 11 is 4.98. The van der Waals surface area contributed by atoms with Crippen LogP contribution in [0.4, 0.5) is 5.13 Å². The molecule has 0 radical (unpaired) electrons. The zero-order valence-electron chi connectivity index (χ0n) is 7.62. The Morgan fingerprint density at radius 1 is 1.43 bits per heavy atom. The molecule has 0 aliphatic rings. The Hall–Kier alpha value is -0.870. The van der Waals surface area contributed by atoms with Crippen molar-refractivity contribution in [2.75, 3.05) is 5.73 Å². The van der Waals surface area contributed by atoms with Crippen molar-refractivity contribution < 1.29 is 0 Å². The minimum absolute atomic E-state index is 0.607. The molecule has 0 amide bonds. The molecule has 1 aromatic heterocycles. The third kappa shape index (κ3) is 1.67. The van der Waals surface area contributed by atoms with Gasteiger partial charge in [-0.2, -0.15) is 0 Å². The molecule has 1 heterocycles. The van der Waals surface area contributed by atoms with E-state index in [1.807, 2.05) is 17.5 Å². The quantitative estimate of drug-likeness (QED) is 0.861. The van der Waals surface area contributed by atoms with E-state index in [1.165, 1.54) is 16.9 Å². The molecule has 14 heavy (non-hydrogen) atoms. The number of halogens is 1. The van der Waals surface area contributed by atoms with Gasteiger partial charge in [0, 0.05) is 15.4 Å². The number of hydrogen-bond acceptors (Lipinski definition) is 3. The van der Waals surface area contributed by atoms with Crippen molar-refractivity contribution in [3.8, 4) is 11.3 Å². The second-order valence-electron chi connectivity index (χ2n) is 3.00. The first-order valence-corrected chi connectivity index (χ1v) is 5.82. The van der Waals surface area contributed by atoms with Crippen LogP contribution in [-0.2, 0) is 0 Å². The zero-order valence-corrected chi connectivity index (χ0v) is 10.0. The summed E-state index contributed by atoms with van der Waals surface area (Å²) in [6.07, 6.45) is 0. The molecule has 0 fully saturated rings. The molecular weight excluding hydrogens is 260 g/mol. The molecule has 72 valence electrons. The van der Waals surface area contributed by atoms with Gasteiger partial charge in [-0.25, -0.2) is 4.98 Å². The van der Waals surface area contributed by atoms with Crippen molar-refractivity contribution in [3.05, 3.63) is 33.6 Å². The lowest BCUT2D eigenvalue weighted by molar-refractivity contribution is 1.36. The van der Waals surface area contributed by atoms with Gasteiger partial charge in [-0.3, -0.25) is 0 Å². The number of nitrogens with zero attached hydrogens (tertiary/aromatic N) is 1. The van der Waals surface area contributed by atoms with Gasteiger partial charge in [0.25, 0.3) is 0 Å². The highest BCUT2D eigenvalue weighted by molar-refractivity contribution is 9.10. The zero-order chi connectivity index (χ0) is 10.1. The largest absolute Gasteiger partial charge is 0.375 e. The predicted molar refractivity (Wildman–Crippen MR) is 64.4 cm³/mol. The van der Waals surface area contributed by atoms with Crippen LogP contribution in [-0.4, -0.2) is 4.98 Å². The number of benzene rings is 1. The van der Waals surface area contributed by atoms with Gasteiger partial charge < -0.3 is 5.73 Å². The maximum absolute atomic E-state index is 5.61.